The molecule has 2 atom stereocenters. The predicted molar refractivity (Wildman–Crippen MR) is 63.5 cm³/mol. The van der Waals surface area contributed by atoms with Gasteiger partial charge in [0, 0.05) is 6.61 Å². The molecule has 1 aliphatic heterocycles. The SMILES string of the molecule is CC(Nc1ncnc(Cl)c1N)C1CCCO1. The van der Waals surface area contributed by atoms with Gasteiger partial charge in [0.1, 0.15) is 12.0 Å². The number of hydrogen-bond donors (Lipinski definition) is 2. The molecule has 0 aliphatic carbocycles. The zero-order chi connectivity index (χ0) is 11.5. The van der Waals surface area contributed by atoms with Crippen LogP contribution in [-0.4, -0.2) is 28.7 Å². The molecule has 1 aliphatic rings. The van der Waals surface area contributed by atoms with Crippen molar-refractivity contribution in [2.24, 2.45) is 0 Å². The lowest BCUT2D eigenvalue weighted by Gasteiger charge is -2.21. The first-order valence-corrected chi connectivity index (χ1v) is 5.70. The monoisotopic (exact) mass is 242 g/mol. The van der Waals surface area contributed by atoms with Crippen molar-refractivity contribution in [3.05, 3.63) is 11.5 Å². The molecule has 0 saturated carbocycles. The average molecular weight is 243 g/mol. The third kappa shape index (κ3) is 2.36. The second kappa shape index (κ2) is 4.84. The van der Waals surface area contributed by atoms with Gasteiger partial charge in [0.15, 0.2) is 11.0 Å². The number of rotatable bonds is 3. The maximum absolute atomic E-state index is 5.81. The van der Waals surface area contributed by atoms with Gasteiger partial charge in [-0.2, -0.15) is 0 Å². The van der Waals surface area contributed by atoms with E-state index in [1.807, 2.05) is 6.92 Å². The first-order valence-electron chi connectivity index (χ1n) is 5.32. The van der Waals surface area contributed by atoms with Crippen LogP contribution < -0.4 is 11.1 Å². The summed E-state index contributed by atoms with van der Waals surface area (Å²) in [6, 6.07) is 0.163. The van der Waals surface area contributed by atoms with Crippen LogP contribution in [-0.2, 0) is 4.74 Å². The zero-order valence-electron chi connectivity index (χ0n) is 9.11. The molecule has 0 aromatic carbocycles. The first kappa shape index (κ1) is 11.4. The molecule has 2 heterocycles. The van der Waals surface area contributed by atoms with Crippen LogP contribution in [0.3, 0.4) is 0 Å². The van der Waals surface area contributed by atoms with E-state index in [1.165, 1.54) is 6.33 Å². The van der Waals surface area contributed by atoms with Gasteiger partial charge >= 0.3 is 0 Å². The molecule has 0 amide bonds. The maximum atomic E-state index is 5.81. The average Bonchev–Trinajstić information content (AvgIpc) is 2.78. The predicted octanol–water partition coefficient (Wildman–Crippen LogP) is 1.69. The number of nitrogens with zero attached hydrogens (tertiary/aromatic N) is 2. The highest BCUT2D eigenvalue weighted by molar-refractivity contribution is 6.32. The third-order valence-electron chi connectivity index (χ3n) is 2.72. The van der Waals surface area contributed by atoms with Crippen LogP contribution in [0.25, 0.3) is 0 Å². The lowest BCUT2D eigenvalue weighted by Crippen LogP contribution is -2.30. The van der Waals surface area contributed by atoms with E-state index in [0.29, 0.717) is 11.5 Å². The minimum Gasteiger partial charge on any atom is -0.393 e. The Morgan fingerprint density at radius 3 is 3.12 bits per heavy atom. The smallest absolute Gasteiger partial charge is 0.157 e. The van der Waals surface area contributed by atoms with Crippen LogP contribution in [0, 0.1) is 0 Å². The van der Waals surface area contributed by atoms with Gasteiger partial charge in [0.25, 0.3) is 0 Å². The van der Waals surface area contributed by atoms with E-state index >= 15 is 0 Å². The Morgan fingerprint density at radius 2 is 2.44 bits per heavy atom. The summed E-state index contributed by atoms with van der Waals surface area (Å²) in [4.78, 5) is 7.87. The Bertz CT molecular complexity index is 368. The van der Waals surface area contributed by atoms with Crippen LogP contribution in [0.5, 0.6) is 0 Å². The molecule has 0 bridgehead atoms. The summed E-state index contributed by atoms with van der Waals surface area (Å²) < 4.78 is 5.58. The highest BCUT2D eigenvalue weighted by Crippen LogP contribution is 2.24. The van der Waals surface area contributed by atoms with E-state index in [2.05, 4.69) is 15.3 Å². The Hall–Kier alpha value is -1.07. The number of nitrogens with two attached hydrogens (primary N) is 1. The Morgan fingerprint density at radius 1 is 1.62 bits per heavy atom. The van der Waals surface area contributed by atoms with Crippen LogP contribution in [0.2, 0.25) is 5.15 Å². The van der Waals surface area contributed by atoms with Gasteiger partial charge in [-0.25, -0.2) is 9.97 Å². The molecular formula is C10H15ClN4O. The van der Waals surface area contributed by atoms with Crippen LogP contribution in [0.4, 0.5) is 11.5 Å². The summed E-state index contributed by atoms with van der Waals surface area (Å²) in [6.07, 6.45) is 3.78. The van der Waals surface area contributed by atoms with Crippen molar-refractivity contribution in [2.45, 2.75) is 31.9 Å². The van der Waals surface area contributed by atoms with Crippen LogP contribution in [0.15, 0.2) is 6.33 Å². The normalized spacial score (nSPS) is 22.0. The standard InChI is InChI=1S/C10H15ClN4O/c1-6(7-3-2-4-16-7)15-10-8(12)9(11)13-5-14-10/h5-7H,2-4,12H2,1H3,(H,13,14,15). The molecule has 1 aromatic heterocycles. The van der Waals surface area contributed by atoms with Crippen molar-refractivity contribution >= 4 is 23.1 Å². The fourth-order valence-electron chi connectivity index (χ4n) is 1.79. The summed E-state index contributed by atoms with van der Waals surface area (Å²) in [7, 11) is 0. The van der Waals surface area contributed by atoms with Crippen molar-refractivity contribution < 1.29 is 4.74 Å². The van der Waals surface area contributed by atoms with E-state index in [1.54, 1.807) is 0 Å². The summed E-state index contributed by atoms with van der Waals surface area (Å²) in [5, 5.41) is 3.48. The number of aromatic nitrogens is 2. The van der Waals surface area contributed by atoms with Crippen LogP contribution in [0.1, 0.15) is 19.8 Å². The highest BCUT2D eigenvalue weighted by atomic mass is 35.5. The molecule has 1 fully saturated rings. The fourth-order valence-corrected chi connectivity index (χ4v) is 1.93. The number of anilines is 2. The fraction of sp³-hybridized carbons (Fsp3) is 0.600. The molecule has 5 nitrogen and oxygen atoms in total. The van der Waals surface area contributed by atoms with Crippen molar-refractivity contribution in [3.8, 4) is 0 Å². The van der Waals surface area contributed by atoms with Gasteiger partial charge in [0.2, 0.25) is 0 Å². The summed E-state index contributed by atoms with van der Waals surface area (Å²) in [6.45, 7) is 2.88. The third-order valence-corrected chi connectivity index (χ3v) is 3.02. The molecule has 2 rings (SSSR count). The highest BCUT2D eigenvalue weighted by Gasteiger charge is 2.23. The van der Waals surface area contributed by atoms with E-state index in [4.69, 9.17) is 22.1 Å². The molecule has 88 valence electrons. The van der Waals surface area contributed by atoms with E-state index in [9.17, 15) is 0 Å². The van der Waals surface area contributed by atoms with Crippen LogP contribution >= 0.6 is 11.6 Å². The molecule has 3 N–H and O–H groups in total. The van der Waals surface area contributed by atoms with Gasteiger partial charge in [-0.1, -0.05) is 11.6 Å². The minimum absolute atomic E-state index is 0.163. The summed E-state index contributed by atoms with van der Waals surface area (Å²) >= 11 is 5.81. The van der Waals surface area contributed by atoms with Gasteiger partial charge in [-0.05, 0) is 19.8 Å². The van der Waals surface area contributed by atoms with Crippen molar-refractivity contribution in [1.82, 2.24) is 9.97 Å². The molecule has 1 aromatic rings. The Balaban J connectivity index is 2.05. The number of hydrogen-bond acceptors (Lipinski definition) is 5. The summed E-state index contributed by atoms with van der Waals surface area (Å²) in [5.41, 5.74) is 6.15. The second-order valence-corrected chi connectivity index (χ2v) is 4.27. The van der Waals surface area contributed by atoms with Gasteiger partial charge in [-0.3, -0.25) is 0 Å². The van der Waals surface area contributed by atoms with Crippen molar-refractivity contribution in [1.29, 1.82) is 0 Å². The number of nitrogen functional groups attached to an aromatic ring is 1. The molecule has 1 saturated heterocycles. The second-order valence-electron chi connectivity index (χ2n) is 3.91. The maximum Gasteiger partial charge on any atom is 0.157 e. The van der Waals surface area contributed by atoms with Crippen molar-refractivity contribution in [2.75, 3.05) is 17.7 Å². The van der Waals surface area contributed by atoms with Crippen molar-refractivity contribution in [3.63, 3.8) is 0 Å². The quantitative estimate of drug-likeness (QED) is 0.790. The van der Waals surface area contributed by atoms with Gasteiger partial charge in [-0.15, -0.1) is 0 Å². The molecular weight excluding hydrogens is 228 g/mol. The number of ether oxygens (including phenoxy) is 1. The topological polar surface area (TPSA) is 73.1 Å². The first-order chi connectivity index (χ1) is 7.68. The molecule has 0 spiro atoms. The van der Waals surface area contributed by atoms with Gasteiger partial charge < -0.3 is 15.8 Å². The molecule has 6 heteroatoms. The minimum atomic E-state index is 0.163. The Kier molecular flexibility index (Phi) is 3.46. The zero-order valence-corrected chi connectivity index (χ0v) is 9.87. The lowest BCUT2D eigenvalue weighted by atomic mass is 10.1. The van der Waals surface area contributed by atoms with E-state index in [0.717, 1.165) is 19.4 Å². The summed E-state index contributed by atoms with van der Waals surface area (Å²) in [5.74, 6) is 0.572. The Labute approximate surface area is 99.4 Å². The molecule has 2 unspecified atom stereocenters. The molecule has 16 heavy (non-hydrogen) atoms. The largest absolute Gasteiger partial charge is 0.393 e. The number of nitrogens with one attached hydrogen (secondary N) is 1. The van der Waals surface area contributed by atoms with E-state index in [-0.39, 0.29) is 17.3 Å². The van der Waals surface area contributed by atoms with Gasteiger partial charge in [0.05, 0.1) is 12.1 Å². The number of halogens is 1. The molecule has 0 radical (unpaired) electrons. The van der Waals surface area contributed by atoms with E-state index < -0.39 is 0 Å². The lowest BCUT2D eigenvalue weighted by molar-refractivity contribution is 0.0996.